The number of halogens is 1. The van der Waals surface area contributed by atoms with Gasteiger partial charge in [0.25, 0.3) is 5.91 Å². The molecule has 8 nitrogen and oxygen atoms in total. The highest BCUT2D eigenvalue weighted by atomic mass is 19.1. The van der Waals surface area contributed by atoms with Gasteiger partial charge in [-0.3, -0.25) is 9.59 Å². The second kappa shape index (κ2) is 6.75. The van der Waals surface area contributed by atoms with Crippen LogP contribution in [0.3, 0.4) is 0 Å². The van der Waals surface area contributed by atoms with Gasteiger partial charge in [0.1, 0.15) is 12.4 Å². The fourth-order valence-electron chi connectivity index (χ4n) is 2.57. The molecule has 1 atom stereocenters. The van der Waals surface area contributed by atoms with E-state index in [1.54, 1.807) is 17.0 Å². The highest BCUT2D eigenvalue weighted by Gasteiger charge is 2.30. The van der Waals surface area contributed by atoms with E-state index in [0.29, 0.717) is 19.8 Å². The lowest BCUT2D eigenvalue weighted by molar-refractivity contribution is -0.137. The largest absolute Gasteiger partial charge is 0.480 e. The number of carbonyl (C=O) groups excluding carboxylic acids is 1. The fourth-order valence-corrected chi connectivity index (χ4v) is 2.57. The van der Waals surface area contributed by atoms with Gasteiger partial charge in [-0.05, 0) is 17.7 Å². The maximum absolute atomic E-state index is 13.1. The molecule has 0 bridgehead atoms. The van der Waals surface area contributed by atoms with E-state index < -0.39 is 5.97 Å². The van der Waals surface area contributed by atoms with Crippen molar-refractivity contribution in [3.63, 3.8) is 0 Å². The maximum Gasteiger partial charge on any atom is 0.325 e. The first-order valence-corrected chi connectivity index (χ1v) is 7.30. The zero-order chi connectivity index (χ0) is 17.1. The Hall–Kier alpha value is -2.81. The number of hydrogen-bond donors (Lipinski definition) is 1. The molecule has 1 aromatic carbocycles. The molecule has 24 heavy (non-hydrogen) atoms. The van der Waals surface area contributed by atoms with Crippen molar-refractivity contribution in [1.82, 2.24) is 19.9 Å². The molecular weight excluding hydrogens is 319 g/mol. The molecule has 0 radical (unpaired) electrons. The van der Waals surface area contributed by atoms with Crippen LogP contribution in [0.15, 0.2) is 30.5 Å². The molecule has 1 saturated heterocycles. The Morgan fingerprint density at radius 2 is 2.08 bits per heavy atom. The molecule has 0 spiro atoms. The number of nitrogens with zero attached hydrogens (tertiary/aromatic N) is 4. The van der Waals surface area contributed by atoms with E-state index in [1.807, 2.05) is 0 Å². The first kappa shape index (κ1) is 16.1. The third kappa shape index (κ3) is 3.40. The normalized spacial score (nSPS) is 17.7. The molecule has 1 aliphatic heterocycles. The molecule has 9 heteroatoms. The van der Waals surface area contributed by atoms with Crippen LogP contribution < -0.4 is 0 Å². The number of rotatable bonds is 4. The van der Waals surface area contributed by atoms with Crippen molar-refractivity contribution in [2.45, 2.75) is 12.6 Å². The number of carboxylic acids is 1. The van der Waals surface area contributed by atoms with Crippen LogP contribution >= 0.6 is 0 Å². The topological polar surface area (TPSA) is 97.5 Å². The number of amides is 1. The van der Waals surface area contributed by atoms with Crippen molar-refractivity contribution < 1.29 is 23.8 Å². The van der Waals surface area contributed by atoms with Gasteiger partial charge in [0.2, 0.25) is 0 Å². The van der Waals surface area contributed by atoms with Crippen LogP contribution in [0.2, 0.25) is 0 Å². The number of aliphatic carboxylic acids is 1. The Bertz CT molecular complexity index is 746. The van der Waals surface area contributed by atoms with E-state index in [1.165, 1.54) is 18.3 Å². The Morgan fingerprint density at radius 3 is 2.79 bits per heavy atom. The minimum atomic E-state index is -1.07. The molecular formula is C15H15FN4O4. The summed E-state index contributed by atoms with van der Waals surface area (Å²) in [4.78, 5) is 24.9. The first-order valence-electron chi connectivity index (χ1n) is 7.30. The average molecular weight is 334 g/mol. The van der Waals surface area contributed by atoms with Crippen LogP contribution in [-0.4, -0.2) is 56.6 Å². The number of aromatic nitrogens is 3. The van der Waals surface area contributed by atoms with Gasteiger partial charge in [0.05, 0.1) is 25.5 Å². The minimum Gasteiger partial charge on any atom is -0.480 e. The van der Waals surface area contributed by atoms with Gasteiger partial charge in [-0.2, -0.15) is 0 Å². The van der Waals surface area contributed by atoms with E-state index in [4.69, 9.17) is 9.84 Å². The number of hydrogen-bond acceptors (Lipinski definition) is 5. The van der Waals surface area contributed by atoms with Crippen molar-refractivity contribution >= 4 is 11.9 Å². The monoisotopic (exact) mass is 334 g/mol. The van der Waals surface area contributed by atoms with Gasteiger partial charge in [-0.25, -0.2) is 9.07 Å². The summed E-state index contributed by atoms with van der Waals surface area (Å²) in [6, 6.07) is 5.51. The zero-order valence-electron chi connectivity index (χ0n) is 12.6. The first-order chi connectivity index (χ1) is 11.5. The van der Waals surface area contributed by atoms with Crippen molar-refractivity contribution in [3.8, 4) is 0 Å². The van der Waals surface area contributed by atoms with Crippen molar-refractivity contribution in [1.29, 1.82) is 0 Å². The Kier molecular flexibility index (Phi) is 4.52. The Balaban J connectivity index is 1.82. The van der Waals surface area contributed by atoms with Crippen LogP contribution in [-0.2, 0) is 16.1 Å². The molecule has 1 N–H and O–H groups in total. The predicted octanol–water partition coefficient (Wildman–Crippen LogP) is 0.716. The predicted molar refractivity (Wildman–Crippen MR) is 78.7 cm³/mol. The van der Waals surface area contributed by atoms with Gasteiger partial charge in [0.15, 0.2) is 5.69 Å². The zero-order valence-corrected chi connectivity index (χ0v) is 12.6. The molecule has 1 amide bonds. The number of benzene rings is 1. The third-order valence-electron chi connectivity index (χ3n) is 3.70. The van der Waals surface area contributed by atoms with Crippen LogP contribution in [0, 0.1) is 5.82 Å². The maximum atomic E-state index is 13.1. The number of carbonyl (C=O) groups is 2. The summed E-state index contributed by atoms with van der Waals surface area (Å²) in [5.74, 6) is -1.80. The number of ether oxygens (including phenoxy) is 1. The second-order valence-electron chi connectivity index (χ2n) is 5.34. The van der Waals surface area contributed by atoms with E-state index in [2.05, 4.69) is 10.3 Å². The second-order valence-corrected chi connectivity index (χ2v) is 5.34. The van der Waals surface area contributed by atoms with Crippen LogP contribution in [0.1, 0.15) is 22.1 Å². The number of morpholine rings is 1. The van der Waals surface area contributed by atoms with E-state index in [0.717, 1.165) is 10.2 Å². The highest BCUT2D eigenvalue weighted by Crippen LogP contribution is 2.25. The minimum absolute atomic E-state index is 0.0604. The SMILES string of the molecule is O=C(O)Cn1cc(C(=O)N2CCOCC2c2ccc(F)cc2)nn1. The van der Waals surface area contributed by atoms with Gasteiger partial charge in [0, 0.05) is 6.54 Å². The van der Waals surface area contributed by atoms with Gasteiger partial charge < -0.3 is 14.7 Å². The molecule has 1 fully saturated rings. The van der Waals surface area contributed by atoms with Crippen LogP contribution in [0.4, 0.5) is 4.39 Å². The third-order valence-corrected chi connectivity index (χ3v) is 3.70. The summed E-state index contributed by atoms with van der Waals surface area (Å²) < 4.78 is 19.6. The van der Waals surface area contributed by atoms with Crippen molar-refractivity contribution in [2.24, 2.45) is 0 Å². The van der Waals surface area contributed by atoms with Gasteiger partial charge in [-0.1, -0.05) is 17.3 Å². The molecule has 0 aliphatic carbocycles. The van der Waals surface area contributed by atoms with Gasteiger partial charge in [-0.15, -0.1) is 5.10 Å². The summed E-state index contributed by atoms with van der Waals surface area (Å²) >= 11 is 0. The van der Waals surface area contributed by atoms with Crippen molar-refractivity contribution in [3.05, 3.63) is 47.5 Å². The molecule has 0 saturated carbocycles. The summed E-state index contributed by atoms with van der Waals surface area (Å²) in [6.07, 6.45) is 1.30. The summed E-state index contributed by atoms with van der Waals surface area (Å²) in [5.41, 5.74) is 0.813. The van der Waals surface area contributed by atoms with E-state index in [-0.39, 0.29) is 30.0 Å². The summed E-state index contributed by atoms with van der Waals surface area (Å²) in [5, 5.41) is 16.1. The molecule has 3 rings (SSSR count). The average Bonchev–Trinajstić information content (AvgIpc) is 3.02. The van der Waals surface area contributed by atoms with Crippen molar-refractivity contribution in [2.75, 3.05) is 19.8 Å². The van der Waals surface area contributed by atoms with Crippen LogP contribution in [0.5, 0.6) is 0 Å². The molecule has 1 unspecified atom stereocenters. The number of carboxylic acid groups (broad SMARTS) is 1. The molecule has 2 aromatic rings. The smallest absolute Gasteiger partial charge is 0.325 e. The highest BCUT2D eigenvalue weighted by molar-refractivity contribution is 5.92. The Morgan fingerprint density at radius 1 is 1.33 bits per heavy atom. The lowest BCUT2D eigenvalue weighted by Crippen LogP contribution is -2.43. The summed E-state index contributed by atoms with van der Waals surface area (Å²) in [7, 11) is 0. The molecule has 2 heterocycles. The summed E-state index contributed by atoms with van der Waals surface area (Å²) in [6.45, 7) is 0.658. The lowest BCUT2D eigenvalue weighted by Gasteiger charge is -2.35. The van der Waals surface area contributed by atoms with Crippen LogP contribution in [0.25, 0.3) is 0 Å². The lowest BCUT2D eigenvalue weighted by atomic mass is 10.0. The van der Waals surface area contributed by atoms with Gasteiger partial charge >= 0.3 is 5.97 Å². The molecule has 1 aromatic heterocycles. The molecule has 126 valence electrons. The fraction of sp³-hybridized carbons (Fsp3) is 0.333. The quantitative estimate of drug-likeness (QED) is 0.885. The molecule has 1 aliphatic rings. The standard InChI is InChI=1S/C15H15FN4O4/c16-11-3-1-10(2-4-11)13-9-24-6-5-20(13)15(23)12-7-19(18-17-12)8-14(21)22/h1-4,7,13H,5-6,8-9H2,(H,21,22). The Labute approximate surface area is 136 Å². The van der Waals surface area contributed by atoms with E-state index >= 15 is 0 Å². The van der Waals surface area contributed by atoms with E-state index in [9.17, 15) is 14.0 Å².